The van der Waals surface area contributed by atoms with Gasteiger partial charge in [0.1, 0.15) is 5.75 Å². The first-order chi connectivity index (χ1) is 9.63. The highest BCUT2D eigenvalue weighted by molar-refractivity contribution is 6.17. The molecule has 0 unspecified atom stereocenters. The Morgan fingerprint density at radius 3 is 2.40 bits per heavy atom. The van der Waals surface area contributed by atoms with Crippen molar-refractivity contribution in [1.82, 2.24) is 0 Å². The standard InChI is InChI=1S/C17H20ClNO/c1-13-4-9-17(15(10-13)11-18)19(2)12-14-5-7-16(20-3)8-6-14/h4-10H,11-12H2,1-3H3. The van der Waals surface area contributed by atoms with Crippen molar-refractivity contribution < 1.29 is 4.74 Å². The summed E-state index contributed by atoms with van der Waals surface area (Å²) in [6, 6.07) is 14.6. The highest BCUT2D eigenvalue weighted by atomic mass is 35.5. The molecule has 0 saturated heterocycles. The van der Waals surface area contributed by atoms with Crippen LogP contribution in [0.1, 0.15) is 16.7 Å². The fourth-order valence-corrected chi connectivity index (χ4v) is 2.50. The maximum atomic E-state index is 6.05. The number of hydrogen-bond donors (Lipinski definition) is 0. The lowest BCUT2D eigenvalue weighted by atomic mass is 10.1. The number of alkyl halides is 1. The number of aryl methyl sites for hydroxylation is 1. The zero-order valence-corrected chi connectivity index (χ0v) is 12.9. The van der Waals surface area contributed by atoms with Crippen LogP contribution in [0.2, 0.25) is 0 Å². The van der Waals surface area contributed by atoms with Gasteiger partial charge in [-0.3, -0.25) is 0 Å². The summed E-state index contributed by atoms with van der Waals surface area (Å²) in [6.07, 6.45) is 0. The normalized spacial score (nSPS) is 10.4. The Labute approximate surface area is 125 Å². The average Bonchev–Trinajstić information content (AvgIpc) is 2.47. The van der Waals surface area contributed by atoms with Gasteiger partial charge in [-0.15, -0.1) is 11.6 Å². The SMILES string of the molecule is COc1ccc(CN(C)c2ccc(C)cc2CCl)cc1. The third-order valence-corrected chi connectivity index (χ3v) is 3.66. The second kappa shape index (κ2) is 6.67. The minimum absolute atomic E-state index is 0.532. The Kier molecular flexibility index (Phi) is 4.91. The molecule has 3 heteroatoms. The molecule has 0 spiro atoms. The Hall–Kier alpha value is -1.67. The molecule has 0 aliphatic carbocycles. The number of anilines is 1. The van der Waals surface area contributed by atoms with Crippen LogP contribution in [0.15, 0.2) is 42.5 Å². The molecule has 0 aliphatic rings. The highest BCUT2D eigenvalue weighted by Gasteiger charge is 2.08. The van der Waals surface area contributed by atoms with E-state index in [4.69, 9.17) is 16.3 Å². The van der Waals surface area contributed by atoms with Gasteiger partial charge in [0.25, 0.3) is 0 Å². The Bertz CT molecular complexity index is 566. The fourth-order valence-electron chi connectivity index (χ4n) is 2.28. The van der Waals surface area contributed by atoms with Gasteiger partial charge < -0.3 is 9.64 Å². The van der Waals surface area contributed by atoms with Crippen molar-refractivity contribution in [2.24, 2.45) is 0 Å². The lowest BCUT2D eigenvalue weighted by Crippen LogP contribution is -2.17. The molecular formula is C17H20ClNO. The minimum Gasteiger partial charge on any atom is -0.497 e. The number of benzene rings is 2. The summed E-state index contributed by atoms with van der Waals surface area (Å²) in [5.41, 5.74) is 4.83. The van der Waals surface area contributed by atoms with Crippen LogP contribution in [0.25, 0.3) is 0 Å². The van der Waals surface area contributed by atoms with Crippen LogP contribution in [0, 0.1) is 6.92 Å². The van der Waals surface area contributed by atoms with Gasteiger partial charge in [-0.1, -0.05) is 29.8 Å². The monoisotopic (exact) mass is 289 g/mol. The third kappa shape index (κ3) is 3.45. The Morgan fingerprint density at radius 2 is 1.80 bits per heavy atom. The van der Waals surface area contributed by atoms with Gasteiger partial charge in [0.2, 0.25) is 0 Å². The molecule has 0 heterocycles. The zero-order chi connectivity index (χ0) is 14.5. The average molecular weight is 290 g/mol. The third-order valence-electron chi connectivity index (χ3n) is 3.37. The van der Waals surface area contributed by atoms with E-state index >= 15 is 0 Å². The summed E-state index contributed by atoms with van der Waals surface area (Å²) < 4.78 is 5.18. The van der Waals surface area contributed by atoms with Crippen molar-refractivity contribution >= 4 is 17.3 Å². The predicted molar refractivity (Wildman–Crippen MR) is 85.8 cm³/mol. The molecule has 0 fully saturated rings. The van der Waals surface area contributed by atoms with Crippen LogP contribution in [-0.4, -0.2) is 14.2 Å². The largest absolute Gasteiger partial charge is 0.497 e. The van der Waals surface area contributed by atoms with Gasteiger partial charge in [-0.2, -0.15) is 0 Å². The molecule has 0 radical (unpaired) electrons. The molecule has 2 rings (SSSR count). The van der Waals surface area contributed by atoms with Crippen LogP contribution in [0.3, 0.4) is 0 Å². The minimum atomic E-state index is 0.532. The lowest BCUT2D eigenvalue weighted by Gasteiger charge is -2.22. The molecule has 106 valence electrons. The Morgan fingerprint density at radius 1 is 1.10 bits per heavy atom. The van der Waals surface area contributed by atoms with Crippen LogP contribution < -0.4 is 9.64 Å². The molecule has 20 heavy (non-hydrogen) atoms. The first-order valence-electron chi connectivity index (χ1n) is 6.63. The molecule has 2 aromatic carbocycles. The molecule has 0 bridgehead atoms. The van der Waals surface area contributed by atoms with E-state index in [1.165, 1.54) is 22.4 Å². The smallest absolute Gasteiger partial charge is 0.118 e. The summed E-state index contributed by atoms with van der Waals surface area (Å²) in [4.78, 5) is 2.22. The molecule has 2 aromatic rings. The van der Waals surface area contributed by atoms with E-state index in [1.54, 1.807) is 7.11 Å². The summed E-state index contributed by atoms with van der Waals surface area (Å²) in [7, 11) is 3.77. The van der Waals surface area contributed by atoms with E-state index in [9.17, 15) is 0 Å². The van der Waals surface area contributed by atoms with E-state index in [0.717, 1.165) is 12.3 Å². The van der Waals surface area contributed by atoms with Gasteiger partial charge >= 0.3 is 0 Å². The number of rotatable bonds is 5. The molecule has 2 nitrogen and oxygen atoms in total. The number of nitrogens with zero attached hydrogens (tertiary/aromatic N) is 1. The number of hydrogen-bond acceptors (Lipinski definition) is 2. The summed E-state index contributed by atoms with van der Waals surface area (Å²) in [5.74, 6) is 1.41. The second-order valence-electron chi connectivity index (χ2n) is 4.97. The van der Waals surface area contributed by atoms with Gasteiger partial charge in [-0.25, -0.2) is 0 Å². The van der Waals surface area contributed by atoms with Crippen LogP contribution in [-0.2, 0) is 12.4 Å². The van der Waals surface area contributed by atoms with Crippen molar-refractivity contribution in [2.75, 3.05) is 19.1 Å². The predicted octanol–water partition coefficient (Wildman–Crippen LogP) is 4.38. The van der Waals surface area contributed by atoms with E-state index < -0.39 is 0 Å². The molecule has 0 amide bonds. The quantitative estimate of drug-likeness (QED) is 0.758. The molecule has 0 aromatic heterocycles. The molecule has 0 aliphatic heterocycles. The van der Waals surface area contributed by atoms with Gasteiger partial charge in [0, 0.05) is 25.2 Å². The molecule has 0 saturated carbocycles. The first-order valence-corrected chi connectivity index (χ1v) is 7.17. The van der Waals surface area contributed by atoms with Crippen LogP contribution >= 0.6 is 11.6 Å². The fraction of sp³-hybridized carbons (Fsp3) is 0.294. The second-order valence-corrected chi connectivity index (χ2v) is 5.24. The van der Waals surface area contributed by atoms with Gasteiger partial charge in [0.15, 0.2) is 0 Å². The lowest BCUT2D eigenvalue weighted by molar-refractivity contribution is 0.414. The molecule has 0 N–H and O–H groups in total. The van der Waals surface area contributed by atoms with E-state index in [1.807, 2.05) is 12.1 Å². The summed E-state index contributed by atoms with van der Waals surface area (Å²) in [6.45, 7) is 2.93. The van der Waals surface area contributed by atoms with Gasteiger partial charge in [0.05, 0.1) is 7.11 Å². The Balaban J connectivity index is 2.16. The van der Waals surface area contributed by atoms with Crippen molar-refractivity contribution in [3.8, 4) is 5.75 Å². The van der Waals surface area contributed by atoms with Gasteiger partial charge in [-0.05, 0) is 36.2 Å². The van der Waals surface area contributed by atoms with E-state index in [2.05, 4.69) is 49.2 Å². The zero-order valence-electron chi connectivity index (χ0n) is 12.2. The maximum absolute atomic E-state index is 6.05. The van der Waals surface area contributed by atoms with Crippen molar-refractivity contribution in [3.05, 3.63) is 59.2 Å². The first kappa shape index (κ1) is 14.7. The van der Waals surface area contributed by atoms with Crippen LogP contribution in [0.4, 0.5) is 5.69 Å². The van der Waals surface area contributed by atoms with Crippen molar-refractivity contribution in [3.63, 3.8) is 0 Å². The summed E-state index contributed by atoms with van der Waals surface area (Å²) >= 11 is 6.05. The van der Waals surface area contributed by atoms with Crippen molar-refractivity contribution in [2.45, 2.75) is 19.3 Å². The van der Waals surface area contributed by atoms with Crippen molar-refractivity contribution in [1.29, 1.82) is 0 Å². The highest BCUT2D eigenvalue weighted by Crippen LogP contribution is 2.24. The number of ether oxygens (including phenoxy) is 1. The van der Waals surface area contributed by atoms with E-state index in [-0.39, 0.29) is 0 Å². The molecular weight excluding hydrogens is 270 g/mol. The topological polar surface area (TPSA) is 12.5 Å². The van der Waals surface area contributed by atoms with Crippen LogP contribution in [0.5, 0.6) is 5.75 Å². The van der Waals surface area contributed by atoms with E-state index in [0.29, 0.717) is 5.88 Å². The molecule has 0 atom stereocenters. The number of halogens is 1. The summed E-state index contributed by atoms with van der Waals surface area (Å²) in [5, 5.41) is 0. The number of methoxy groups -OCH3 is 1. The maximum Gasteiger partial charge on any atom is 0.118 e.